The van der Waals surface area contributed by atoms with Gasteiger partial charge < -0.3 is 108 Å². The summed E-state index contributed by atoms with van der Waals surface area (Å²) in [5, 5.41) is 102. The molecule has 0 aromatic carbocycles. The maximum atomic E-state index is 14.3. The summed E-state index contributed by atoms with van der Waals surface area (Å²) >= 11 is 0. The van der Waals surface area contributed by atoms with Gasteiger partial charge in [0.05, 0.1) is 37.1 Å². The molecule has 25 heteroatoms. The highest BCUT2D eigenvalue weighted by Crippen LogP contribution is 2.39. The van der Waals surface area contributed by atoms with Gasteiger partial charge in [-0.25, -0.2) is 0 Å². The van der Waals surface area contributed by atoms with Crippen LogP contribution >= 0.6 is 0 Å². The summed E-state index contributed by atoms with van der Waals surface area (Å²) in [6, 6.07) is 0. The molecule has 0 aliphatic carbocycles. The van der Waals surface area contributed by atoms with Crippen LogP contribution in [0.1, 0.15) is 209 Å². The molecule has 6 rings (SSSR count). The highest BCUT2D eigenvalue weighted by atomic mass is 16.8. The summed E-state index contributed by atoms with van der Waals surface area (Å²) in [6.45, 7) is 11.5. The van der Waals surface area contributed by atoms with Gasteiger partial charge in [-0.1, -0.05) is 130 Å². The Morgan fingerprint density at radius 3 is 1.61 bits per heavy atom. The summed E-state index contributed by atoms with van der Waals surface area (Å²) in [7, 11) is 0. The first-order chi connectivity index (χ1) is 41.7. The fraction of sp³-hybridized carbons (Fsp3) is 0.952. The zero-order chi connectivity index (χ0) is 63.3. The quantitative estimate of drug-likeness (QED) is 0.0353. The third-order valence-corrected chi connectivity index (χ3v) is 17.7. The second kappa shape index (κ2) is 37.4. The number of aliphatic hydroxyl groups excluding tert-OH is 9. The molecule has 506 valence electrons. The van der Waals surface area contributed by atoms with Crippen LogP contribution in [0.5, 0.6) is 0 Å². The first-order valence-corrected chi connectivity index (χ1v) is 32.9. The van der Waals surface area contributed by atoms with Gasteiger partial charge in [-0.2, -0.15) is 0 Å². The van der Waals surface area contributed by atoms with Crippen LogP contribution in [0.4, 0.5) is 0 Å². The number of carbonyl (C=O) groups is 3. The van der Waals surface area contributed by atoms with E-state index < -0.39 is 178 Å². The van der Waals surface area contributed by atoms with E-state index in [1.165, 1.54) is 20.8 Å². The standard InChI is InChI=1S/C62H108O25/c1-8-11-14-19-25-30-40(64)81-53-44(68)35(5)75-59(49(53)73)84-52-37(7)78-62(57(83-42(66)32-26-20-15-12-9-2)56(52)87-58-48(72)46(70)45(69)39(33-63)80-58)85-51-36(6)77-60-50(74)54(51)82-41(65)31-27-22-18-16-17-21-24-29-38(28-23-13-10-3)79-61-55(86-60)47(71)43(67)34(4)76-61/h34-39,43-63,67-74H,8-33H2,1-7H3/t34-,35+,36+,37+,38+,39-,43+,44+,45-,46+,47+,48-,49-,50-,51+,52+,53-,54+,55-,56-,57-,58+,59+,60+,61+,62+/m1/s1. The molecule has 6 saturated heterocycles. The van der Waals surface area contributed by atoms with Gasteiger partial charge in [-0.05, 0) is 59.8 Å². The van der Waals surface area contributed by atoms with Crippen molar-refractivity contribution in [1.29, 1.82) is 0 Å². The van der Waals surface area contributed by atoms with E-state index in [-0.39, 0.29) is 25.4 Å². The number of esters is 3. The molecule has 6 aliphatic rings. The van der Waals surface area contributed by atoms with E-state index in [4.69, 9.17) is 61.6 Å². The van der Waals surface area contributed by atoms with Crippen molar-refractivity contribution in [3.63, 3.8) is 0 Å². The molecule has 2 bridgehead atoms. The van der Waals surface area contributed by atoms with Crippen LogP contribution in [0.25, 0.3) is 0 Å². The minimum Gasteiger partial charge on any atom is -0.456 e. The van der Waals surface area contributed by atoms with Crippen LogP contribution in [-0.2, 0) is 76.0 Å². The summed E-state index contributed by atoms with van der Waals surface area (Å²) < 4.78 is 82.2. The van der Waals surface area contributed by atoms with Crippen LogP contribution in [0.15, 0.2) is 0 Å². The summed E-state index contributed by atoms with van der Waals surface area (Å²) in [4.78, 5) is 41.5. The van der Waals surface area contributed by atoms with Crippen LogP contribution in [0.2, 0.25) is 0 Å². The predicted molar refractivity (Wildman–Crippen MR) is 308 cm³/mol. The van der Waals surface area contributed by atoms with E-state index in [0.717, 1.165) is 103 Å². The van der Waals surface area contributed by atoms with E-state index in [2.05, 4.69) is 13.8 Å². The Bertz CT molecular complexity index is 1970. The largest absolute Gasteiger partial charge is 0.456 e. The zero-order valence-electron chi connectivity index (χ0n) is 52.5. The topological polar surface area (TPSA) is 353 Å². The van der Waals surface area contributed by atoms with Gasteiger partial charge >= 0.3 is 17.9 Å². The van der Waals surface area contributed by atoms with Gasteiger partial charge in [0, 0.05) is 19.3 Å². The van der Waals surface area contributed by atoms with Crippen molar-refractivity contribution in [2.75, 3.05) is 6.61 Å². The number of ether oxygens (including phenoxy) is 13. The lowest BCUT2D eigenvalue weighted by atomic mass is 9.95. The maximum Gasteiger partial charge on any atom is 0.306 e. The van der Waals surface area contributed by atoms with Crippen molar-refractivity contribution < 1.29 is 122 Å². The number of aliphatic hydroxyl groups is 9. The molecule has 6 heterocycles. The lowest BCUT2D eigenvalue weighted by Gasteiger charge is -2.51. The fourth-order valence-electron chi connectivity index (χ4n) is 12.3. The predicted octanol–water partition coefficient (Wildman–Crippen LogP) is 4.06. The second-order valence-electron chi connectivity index (χ2n) is 24.9. The first-order valence-electron chi connectivity index (χ1n) is 32.9. The minimum atomic E-state index is -2.02. The van der Waals surface area contributed by atoms with Crippen molar-refractivity contribution in [3.8, 4) is 0 Å². The molecule has 0 radical (unpaired) electrons. The monoisotopic (exact) mass is 1250 g/mol. The molecule has 6 aliphatic heterocycles. The third kappa shape index (κ3) is 21.1. The number of fused-ring (bicyclic) bond motifs is 3. The van der Waals surface area contributed by atoms with Gasteiger partial charge in [-0.3, -0.25) is 14.4 Å². The molecule has 26 atom stereocenters. The molecule has 0 spiro atoms. The van der Waals surface area contributed by atoms with Gasteiger partial charge in [0.1, 0.15) is 79.4 Å². The van der Waals surface area contributed by atoms with E-state index in [1.807, 2.05) is 6.92 Å². The number of unbranched alkanes of at least 4 members (excludes halogenated alkanes) is 10. The van der Waals surface area contributed by atoms with Gasteiger partial charge in [-0.15, -0.1) is 0 Å². The number of hydrogen-bond donors (Lipinski definition) is 9. The normalized spacial score (nSPS) is 41.3. The molecular weight excluding hydrogens is 1140 g/mol. The molecule has 0 unspecified atom stereocenters. The van der Waals surface area contributed by atoms with E-state index in [0.29, 0.717) is 38.5 Å². The molecule has 0 saturated carbocycles. The average Bonchev–Trinajstić information content (AvgIpc) is 0.982. The Morgan fingerprint density at radius 1 is 0.437 bits per heavy atom. The Morgan fingerprint density at radius 2 is 0.966 bits per heavy atom. The van der Waals surface area contributed by atoms with E-state index >= 15 is 0 Å². The number of carbonyl (C=O) groups excluding carboxylic acids is 3. The van der Waals surface area contributed by atoms with Crippen LogP contribution in [-0.4, -0.2) is 230 Å². The molecule has 9 N–H and O–H groups in total. The van der Waals surface area contributed by atoms with Crippen molar-refractivity contribution in [2.24, 2.45) is 0 Å². The Balaban J connectivity index is 1.37. The van der Waals surface area contributed by atoms with Gasteiger partial charge in [0.25, 0.3) is 0 Å². The van der Waals surface area contributed by atoms with E-state index in [9.17, 15) is 60.3 Å². The molecule has 25 nitrogen and oxygen atoms in total. The smallest absolute Gasteiger partial charge is 0.306 e. The zero-order valence-corrected chi connectivity index (χ0v) is 52.5. The van der Waals surface area contributed by atoms with Crippen molar-refractivity contribution in [1.82, 2.24) is 0 Å². The summed E-state index contributed by atoms with van der Waals surface area (Å²) in [6.07, 6.45) is -22.0. The molecular formula is C62H108O25. The maximum absolute atomic E-state index is 14.3. The SMILES string of the molecule is CCCCCCCC(=O)O[C@@H]1[C@@H](O)[C@H](C)O[C@@H](O[C@@H]2[C@@H](O[C@@H]3O[C@H](CO)[C@@H](O)[C@H](O)[C@H]3O)[C@@H](OC(=O)CCCCCCC)[C@H](O[C@@H]3[C@H]4OC(=O)CCCCCCCCC[C@H](CCCCC)O[C@@H]5O[C@H](C)[C@H](O)[C@H](O)[C@H]5O[C@H](O[C@H]3C)[C@@H]4O)O[C@H]2C)[C@@H]1O. The van der Waals surface area contributed by atoms with Crippen molar-refractivity contribution >= 4 is 17.9 Å². The third-order valence-electron chi connectivity index (χ3n) is 17.7. The highest BCUT2D eigenvalue weighted by molar-refractivity contribution is 5.70. The number of rotatable bonds is 25. The fourth-order valence-corrected chi connectivity index (χ4v) is 12.3. The molecule has 6 fully saturated rings. The summed E-state index contributed by atoms with van der Waals surface area (Å²) in [5.74, 6) is -2.16. The Labute approximate surface area is 513 Å². The van der Waals surface area contributed by atoms with Crippen LogP contribution in [0, 0.1) is 0 Å². The second-order valence-corrected chi connectivity index (χ2v) is 24.9. The van der Waals surface area contributed by atoms with Crippen LogP contribution in [0.3, 0.4) is 0 Å². The average molecular weight is 1250 g/mol. The van der Waals surface area contributed by atoms with Crippen molar-refractivity contribution in [2.45, 2.75) is 369 Å². The molecule has 0 aromatic rings. The molecule has 0 aromatic heterocycles. The lowest BCUT2D eigenvalue weighted by Crippen LogP contribution is -2.68. The Hall–Kier alpha value is -2.35. The Kier molecular flexibility index (Phi) is 31.7. The lowest BCUT2D eigenvalue weighted by molar-refractivity contribution is -0.400. The van der Waals surface area contributed by atoms with Gasteiger partial charge in [0.2, 0.25) is 0 Å². The van der Waals surface area contributed by atoms with Gasteiger partial charge in [0.15, 0.2) is 49.8 Å². The van der Waals surface area contributed by atoms with Crippen LogP contribution < -0.4 is 0 Å². The summed E-state index contributed by atoms with van der Waals surface area (Å²) in [5.41, 5.74) is 0. The minimum absolute atomic E-state index is 0.0164. The molecule has 0 amide bonds. The number of hydrogen-bond acceptors (Lipinski definition) is 25. The van der Waals surface area contributed by atoms with Crippen molar-refractivity contribution in [3.05, 3.63) is 0 Å². The highest BCUT2D eigenvalue weighted by Gasteiger charge is 2.59. The molecule has 87 heavy (non-hydrogen) atoms. The van der Waals surface area contributed by atoms with E-state index in [1.54, 1.807) is 6.92 Å². The first kappa shape index (κ1) is 73.7.